The molecule has 1 rings (SSSR count). The second-order valence-corrected chi connectivity index (χ2v) is 2.36. The summed E-state index contributed by atoms with van der Waals surface area (Å²) in [5, 5.41) is 0. The van der Waals surface area contributed by atoms with E-state index < -0.39 is 0 Å². The number of rotatable bonds is 1. The Labute approximate surface area is 54.5 Å². The van der Waals surface area contributed by atoms with E-state index in [2.05, 4.69) is 6.58 Å². The summed E-state index contributed by atoms with van der Waals surface area (Å²) < 4.78 is 4.88. The Kier molecular flexibility index (Phi) is 1.56. The van der Waals surface area contributed by atoms with Gasteiger partial charge in [-0.2, -0.15) is 0 Å². The highest BCUT2D eigenvalue weighted by Crippen LogP contribution is 2.18. The van der Waals surface area contributed by atoms with E-state index in [9.17, 15) is 4.79 Å². The maximum absolute atomic E-state index is 10.5. The van der Waals surface area contributed by atoms with Gasteiger partial charge in [0, 0.05) is 6.42 Å². The summed E-state index contributed by atoms with van der Waals surface area (Å²) in [6, 6.07) is 0. The van der Waals surface area contributed by atoms with Crippen molar-refractivity contribution < 1.29 is 9.53 Å². The van der Waals surface area contributed by atoms with Crippen molar-refractivity contribution in [3.63, 3.8) is 0 Å². The minimum atomic E-state index is -0.0944. The predicted octanol–water partition coefficient (Wildman–Crippen LogP) is 1.27. The van der Waals surface area contributed by atoms with E-state index in [4.69, 9.17) is 4.74 Å². The van der Waals surface area contributed by atoms with Crippen LogP contribution < -0.4 is 0 Å². The van der Waals surface area contributed by atoms with Crippen LogP contribution in [0.3, 0.4) is 0 Å². The summed E-state index contributed by atoms with van der Waals surface area (Å²) in [6.07, 6.45) is 1.36. The Morgan fingerprint density at radius 3 is 2.78 bits per heavy atom. The van der Waals surface area contributed by atoms with Gasteiger partial charge < -0.3 is 4.74 Å². The van der Waals surface area contributed by atoms with Crippen molar-refractivity contribution in [3.05, 3.63) is 12.2 Å². The minimum absolute atomic E-state index is 0.00231. The summed E-state index contributed by atoms with van der Waals surface area (Å²) in [5.74, 6) is -0.0944. The van der Waals surface area contributed by atoms with Gasteiger partial charge in [0.15, 0.2) is 0 Å². The van der Waals surface area contributed by atoms with E-state index in [0.29, 0.717) is 6.42 Å². The predicted molar refractivity (Wildman–Crippen MR) is 33.9 cm³/mol. The standard InChI is InChI=1S/C7H10O2/c1-5(2)6-3-4-7(8)9-6/h6H,1,3-4H2,2H3/t6-/m1/s1. The molecule has 1 saturated heterocycles. The quantitative estimate of drug-likeness (QED) is 0.390. The molecule has 0 N–H and O–H groups in total. The first-order valence-corrected chi connectivity index (χ1v) is 3.05. The number of cyclic esters (lactones) is 1. The molecule has 0 unspecified atom stereocenters. The lowest BCUT2D eigenvalue weighted by Crippen LogP contribution is -2.06. The van der Waals surface area contributed by atoms with Crippen LogP contribution in [-0.2, 0) is 9.53 Å². The third kappa shape index (κ3) is 1.31. The van der Waals surface area contributed by atoms with Crippen molar-refractivity contribution in [1.29, 1.82) is 0 Å². The number of hydrogen-bond donors (Lipinski definition) is 0. The Morgan fingerprint density at radius 1 is 1.89 bits per heavy atom. The Hall–Kier alpha value is -0.790. The average Bonchev–Trinajstić information content (AvgIpc) is 2.14. The number of esters is 1. The lowest BCUT2D eigenvalue weighted by atomic mass is 10.1. The van der Waals surface area contributed by atoms with Crippen LogP contribution in [0.15, 0.2) is 12.2 Å². The molecular weight excluding hydrogens is 116 g/mol. The minimum Gasteiger partial charge on any atom is -0.458 e. The maximum Gasteiger partial charge on any atom is 0.306 e. The largest absolute Gasteiger partial charge is 0.458 e. The SMILES string of the molecule is C=C(C)[C@H]1CCC(=O)O1. The van der Waals surface area contributed by atoms with E-state index in [1.54, 1.807) is 0 Å². The van der Waals surface area contributed by atoms with Gasteiger partial charge in [-0.25, -0.2) is 0 Å². The van der Waals surface area contributed by atoms with Gasteiger partial charge in [0.2, 0.25) is 0 Å². The monoisotopic (exact) mass is 126 g/mol. The summed E-state index contributed by atoms with van der Waals surface area (Å²) >= 11 is 0. The molecule has 0 aromatic rings. The zero-order valence-corrected chi connectivity index (χ0v) is 5.52. The molecule has 0 spiro atoms. The highest BCUT2D eigenvalue weighted by atomic mass is 16.5. The van der Waals surface area contributed by atoms with Crippen molar-refractivity contribution in [3.8, 4) is 0 Å². The molecule has 50 valence electrons. The summed E-state index contributed by atoms with van der Waals surface area (Å²) in [6.45, 7) is 5.57. The van der Waals surface area contributed by atoms with E-state index >= 15 is 0 Å². The molecule has 0 amide bonds. The van der Waals surface area contributed by atoms with Crippen molar-refractivity contribution in [2.24, 2.45) is 0 Å². The molecular formula is C7H10O2. The molecule has 0 aromatic heterocycles. The van der Waals surface area contributed by atoms with Gasteiger partial charge in [-0.1, -0.05) is 6.58 Å². The first kappa shape index (κ1) is 6.33. The molecule has 1 atom stereocenters. The average molecular weight is 126 g/mol. The van der Waals surface area contributed by atoms with Crippen LogP contribution >= 0.6 is 0 Å². The lowest BCUT2D eigenvalue weighted by molar-refractivity contribution is -0.140. The topological polar surface area (TPSA) is 26.3 Å². The van der Waals surface area contributed by atoms with Gasteiger partial charge in [0.05, 0.1) is 0 Å². The van der Waals surface area contributed by atoms with Gasteiger partial charge in [0.1, 0.15) is 6.10 Å². The molecule has 0 aromatic carbocycles. The van der Waals surface area contributed by atoms with Crippen LogP contribution in [0.2, 0.25) is 0 Å². The summed E-state index contributed by atoms with van der Waals surface area (Å²) in [7, 11) is 0. The van der Waals surface area contributed by atoms with Gasteiger partial charge in [-0.3, -0.25) is 4.79 Å². The van der Waals surface area contributed by atoms with Crippen LogP contribution in [0.25, 0.3) is 0 Å². The van der Waals surface area contributed by atoms with Crippen molar-refractivity contribution >= 4 is 5.97 Å². The van der Waals surface area contributed by atoms with Crippen LogP contribution in [0.4, 0.5) is 0 Å². The van der Waals surface area contributed by atoms with Gasteiger partial charge in [-0.05, 0) is 18.9 Å². The third-order valence-corrected chi connectivity index (χ3v) is 1.43. The molecule has 1 fully saturated rings. The first-order valence-electron chi connectivity index (χ1n) is 3.05. The number of ether oxygens (including phenoxy) is 1. The van der Waals surface area contributed by atoms with E-state index in [0.717, 1.165) is 12.0 Å². The van der Waals surface area contributed by atoms with Crippen molar-refractivity contribution in [2.45, 2.75) is 25.9 Å². The number of carbonyl (C=O) groups excluding carboxylic acids is 1. The number of hydrogen-bond acceptors (Lipinski definition) is 2. The lowest BCUT2D eigenvalue weighted by Gasteiger charge is -2.05. The maximum atomic E-state index is 10.5. The molecule has 2 heteroatoms. The smallest absolute Gasteiger partial charge is 0.306 e. The van der Waals surface area contributed by atoms with Crippen LogP contribution in [0.5, 0.6) is 0 Å². The molecule has 0 saturated carbocycles. The van der Waals surface area contributed by atoms with E-state index in [1.165, 1.54) is 0 Å². The zero-order valence-electron chi connectivity index (χ0n) is 5.52. The molecule has 2 nitrogen and oxygen atoms in total. The molecule has 1 aliphatic heterocycles. The Morgan fingerprint density at radius 2 is 2.56 bits per heavy atom. The fourth-order valence-electron chi connectivity index (χ4n) is 0.872. The third-order valence-electron chi connectivity index (χ3n) is 1.43. The zero-order chi connectivity index (χ0) is 6.85. The molecule has 1 aliphatic rings. The highest BCUT2D eigenvalue weighted by molar-refractivity contribution is 5.71. The van der Waals surface area contributed by atoms with Crippen LogP contribution in [-0.4, -0.2) is 12.1 Å². The normalized spacial score (nSPS) is 25.9. The fourth-order valence-corrected chi connectivity index (χ4v) is 0.872. The molecule has 0 bridgehead atoms. The highest BCUT2D eigenvalue weighted by Gasteiger charge is 2.22. The van der Waals surface area contributed by atoms with Gasteiger partial charge in [0.25, 0.3) is 0 Å². The Balaban J connectivity index is 2.48. The first-order chi connectivity index (χ1) is 4.20. The summed E-state index contributed by atoms with van der Waals surface area (Å²) in [4.78, 5) is 10.5. The van der Waals surface area contributed by atoms with Crippen LogP contribution in [0.1, 0.15) is 19.8 Å². The Bertz CT molecular complexity index is 149. The fraction of sp³-hybridized carbons (Fsp3) is 0.571. The molecule has 9 heavy (non-hydrogen) atoms. The van der Waals surface area contributed by atoms with Crippen molar-refractivity contribution in [2.75, 3.05) is 0 Å². The van der Waals surface area contributed by atoms with Gasteiger partial charge in [-0.15, -0.1) is 0 Å². The number of carbonyl (C=O) groups is 1. The van der Waals surface area contributed by atoms with Crippen LogP contribution in [0, 0.1) is 0 Å². The molecule has 0 radical (unpaired) electrons. The summed E-state index contributed by atoms with van der Waals surface area (Å²) in [5.41, 5.74) is 0.945. The van der Waals surface area contributed by atoms with Crippen molar-refractivity contribution in [1.82, 2.24) is 0 Å². The van der Waals surface area contributed by atoms with Gasteiger partial charge >= 0.3 is 5.97 Å². The second-order valence-electron chi connectivity index (χ2n) is 2.36. The van der Waals surface area contributed by atoms with E-state index in [1.807, 2.05) is 6.92 Å². The second kappa shape index (κ2) is 2.21. The molecule has 0 aliphatic carbocycles. The molecule has 1 heterocycles. The van der Waals surface area contributed by atoms with E-state index in [-0.39, 0.29) is 12.1 Å².